The minimum absolute atomic E-state index is 0.0626. The summed E-state index contributed by atoms with van der Waals surface area (Å²) in [5.74, 6) is 0. The molecule has 0 radical (unpaired) electrons. The molecule has 0 amide bonds. The van der Waals surface area contributed by atoms with Gasteiger partial charge in [0.05, 0.1) is 11.4 Å². The topological polar surface area (TPSA) is 110 Å². The largest absolute Gasteiger partial charge is 0.399 e. The maximum absolute atomic E-state index is 9.09. The van der Waals surface area contributed by atoms with Gasteiger partial charge in [0, 0.05) is 24.4 Å². The van der Waals surface area contributed by atoms with Crippen molar-refractivity contribution in [1.29, 1.82) is 0 Å². The van der Waals surface area contributed by atoms with Crippen LogP contribution in [0.4, 0.5) is 11.4 Å². The summed E-state index contributed by atoms with van der Waals surface area (Å²) >= 11 is 0. The van der Waals surface area contributed by atoms with Gasteiger partial charge >= 0.3 is 0 Å². The van der Waals surface area contributed by atoms with Gasteiger partial charge in [0.15, 0.2) is 0 Å². The van der Waals surface area contributed by atoms with E-state index in [0.29, 0.717) is 25.1 Å². The summed E-state index contributed by atoms with van der Waals surface area (Å²) in [5.41, 5.74) is 21.0. The Hall–Kier alpha value is -1.98. The molecule has 1 unspecified atom stereocenters. The number of nitrogens with one attached hydrogen (secondary N) is 1. The molecule has 5 nitrogen and oxygen atoms in total. The second kappa shape index (κ2) is 5.98. The highest BCUT2D eigenvalue weighted by molar-refractivity contribution is 5.66. The number of rotatable bonds is 5. The van der Waals surface area contributed by atoms with Gasteiger partial charge in [-0.3, -0.25) is 0 Å². The number of hydrogen-bond donors (Lipinski definition) is 5. The van der Waals surface area contributed by atoms with E-state index in [-0.39, 0.29) is 6.61 Å². The van der Waals surface area contributed by atoms with Gasteiger partial charge in [0.1, 0.15) is 0 Å². The molecule has 20 heavy (non-hydrogen) atoms. The van der Waals surface area contributed by atoms with Crippen LogP contribution in [-0.4, -0.2) is 23.8 Å². The summed E-state index contributed by atoms with van der Waals surface area (Å²) in [7, 11) is 0. The molecule has 108 valence electrons. The molecule has 0 saturated carbocycles. The predicted octanol–water partition coefficient (Wildman–Crippen LogP) is 0.933. The molecule has 0 heterocycles. The molecule has 0 bridgehead atoms. The zero-order valence-corrected chi connectivity index (χ0v) is 11.5. The van der Waals surface area contributed by atoms with Gasteiger partial charge in [0.25, 0.3) is 0 Å². The maximum atomic E-state index is 9.09. The number of anilines is 2. The van der Waals surface area contributed by atoms with Gasteiger partial charge in [-0.2, -0.15) is 0 Å². The van der Waals surface area contributed by atoms with Crippen molar-refractivity contribution >= 4 is 11.4 Å². The van der Waals surface area contributed by atoms with Crippen LogP contribution in [0, 0.1) is 0 Å². The Morgan fingerprint density at radius 1 is 1.25 bits per heavy atom. The fourth-order valence-corrected chi connectivity index (χ4v) is 2.34. The fourth-order valence-electron chi connectivity index (χ4n) is 2.34. The van der Waals surface area contributed by atoms with Crippen LogP contribution in [0.3, 0.4) is 0 Å². The van der Waals surface area contributed by atoms with Gasteiger partial charge in [-0.1, -0.05) is 18.2 Å². The van der Waals surface area contributed by atoms with Crippen LogP contribution in [0.2, 0.25) is 0 Å². The Balaban J connectivity index is 2.05. The van der Waals surface area contributed by atoms with E-state index in [9.17, 15) is 0 Å². The molecule has 0 fully saturated rings. The molecule has 1 aliphatic rings. The molecule has 1 aliphatic carbocycles. The number of nitrogen functional groups attached to an aromatic ring is 1. The van der Waals surface area contributed by atoms with Crippen LogP contribution < -0.4 is 22.5 Å². The van der Waals surface area contributed by atoms with Gasteiger partial charge in [-0.15, -0.1) is 0 Å². The SMILES string of the molecule is NC1=C(CNc2ccccc2N)CC(N)(CCO)C=C1. The van der Waals surface area contributed by atoms with Crippen molar-refractivity contribution in [3.05, 3.63) is 47.7 Å². The third-order valence-corrected chi connectivity index (χ3v) is 3.58. The number of hydrogen-bond acceptors (Lipinski definition) is 5. The van der Waals surface area contributed by atoms with E-state index in [4.69, 9.17) is 22.3 Å². The highest BCUT2D eigenvalue weighted by atomic mass is 16.3. The lowest BCUT2D eigenvalue weighted by Gasteiger charge is -2.30. The van der Waals surface area contributed by atoms with Crippen LogP contribution in [-0.2, 0) is 0 Å². The van der Waals surface area contributed by atoms with E-state index in [1.807, 2.05) is 36.4 Å². The van der Waals surface area contributed by atoms with Crippen molar-refractivity contribution in [1.82, 2.24) is 0 Å². The van der Waals surface area contributed by atoms with E-state index in [1.165, 1.54) is 0 Å². The van der Waals surface area contributed by atoms with Crippen molar-refractivity contribution in [2.24, 2.45) is 11.5 Å². The number of allylic oxidation sites excluding steroid dienone is 1. The first-order chi connectivity index (χ1) is 9.54. The number of benzene rings is 1. The van der Waals surface area contributed by atoms with E-state index in [0.717, 1.165) is 17.0 Å². The molecule has 1 aromatic carbocycles. The lowest BCUT2D eigenvalue weighted by atomic mass is 9.83. The van der Waals surface area contributed by atoms with Gasteiger partial charge in [-0.25, -0.2) is 0 Å². The number of para-hydroxylation sites is 2. The summed E-state index contributed by atoms with van der Waals surface area (Å²) in [6, 6.07) is 7.59. The molecule has 5 heteroatoms. The normalized spacial score (nSPS) is 22.1. The summed E-state index contributed by atoms with van der Waals surface area (Å²) in [5, 5.41) is 12.4. The molecule has 1 atom stereocenters. The molecule has 1 aromatic rings. The predicted molar refractivity (Wildman–Crippen MR) is 82.9 cm³/mol. The molecular weight excluding hydrogens is 252 g/mol. The van der Waals surface area contributed by atoms with Crippen molar-refractivity contribution < 1.29 is 5.11 Å². The molecule has 8 N–H and O–H groups in total. The standard InChI is InChI=1S/C15H22N4O/c16-12-5-6-15(18,7-8-20)9-11(12)10-19-14-4-2-1-3-13(14)17/h1-6,19-20H,7-10,16-18H2. The fraction of sp³-hybridized carbons (Fsp3) is 0.333. The average molecular weight is 274 g/mol. The molecule has 0 aliphatic heterocycles. The first kappa shape index (κ1) is 14.4. The minimum Gasteiger partial charge on any atom is -0.399 e. The lowest BCUT2D eigenvalue weighted by Crippen LogP contribution is -2.41. The number of aliphatic hydroxyl groups excluding tert-OH is 1. The van der Waals surface area contributed by atoms with E-state index < -0.39 is 5.54 Å². The molecule has 0 saturated heterocycles. The Kier molecular flexibility index (Phi) is 4.32. The lowest BCUT2D eigenvalue weighted by molar-refractivity contribution is 0.255. The van der Waals surface area contributed by atoms with Crippen molar-refractivity contribution in [2.45, 2.75) is 18.4 Å². The van der Waals surface area contributed by atoms with Crippen LogP contribution in [0.5, 0.6) is 0 Å². The first-order valence-corrected chi connectivity index (χ1v) is 6.69. The smallest absolute Gasteiger partial charge is 0.0576 e. The Bertz CT molecular complexity index is 538. The van der Waals surface area contributed by atoms with E-state index in [2.05, 4.69) is 5.32 Å². The molecule has 2 rings (SSSR count). The zero-order chi connectivity index (χ0) is 14.6. The van der Waals surface area contributed by atoms with Crippen LogP contribution in [0.1, 0.15) is 12.8 Å². The Morgan fingerprint density at radius 3 is 2.70 bits per heavy atom. The molecule has 0 spiro atoms. The minimum atomic E-state index is -0.517. The zero-order valence-electron chi connectivity index (χ0n) is 11.5. The average Bonchev–Trinajstić information content (AvgIpc) is 2.42. The third-order valence-electron chi connectivity index (χ3n) is 3.58. The second-order valence-corrected chi connectivity index (χ2v) is 5.22. The first-order valence-electron chi connectivity index (χ1n) is 6.69. The van der Waals surface area contributed by atoms with Crippen LogP contribution >= 0.6 is 0 Å². The maximum Gasteiger partial charge on any atom is 0.0576 e. The molecule has 0 aromatic heterocycles. The number of aliphatic hydroxyl groups is 1. The van der Waals surface area contributed by atoms with Gasteiger partial charge in [-0.05, 0) is 36.6 Å². The summed E-state index contributed by atoms with van der Waals surface area (Å²) in [6.07, 6.45) is 4.85. The highest BCUT2D eigenvalue weighted by Gasteiger charge is 2.26. The van der Waals surface area contributed by atoms with E-state index >= 15 is 0 Å². The summed E-state index contributed by atoms with van der Waals surface area (Å²) in [4.78, 5) is 0. The monoisotopic (exact) mass is 274 g/mol. The summed E-state index contributed by atoms with van der Waals surface area (Å²) in [6.45, 7) is 0.655. The second-order valence-electron chi connectivity index (χ2n) is 5.22. The number of nitrogens with two attached hydrogens (primary N) is 3. The Morgan fingerprint density at radius 2 is 2.00 bits per heavy atom. The highest BCUT2D eigenvalue weighted by Crippen LogP contribution is 2.27. The van der Waals surface area contributed by atoms with E-state index in [1.54, 1.807) is 0 Å². The Labute approximate surface area is 119 Å². The van der Waals surface area contributed by atoms with Crippen molar-refractivity contribution in [2.75, 3.05) is 24.2 Å². The quantitative estimate of drug-likeness (QED) is 0.513. The third kappa shape index (κ3) is 3.31. The van der Waals surface area contributed by atoms with Crippen LogP contribution in [0.25, 0.3) is 0 Å². The van der Waals surface area contributed by atoms with Gasteiger partial charge < -0.3 is 27.6 Å². The summed E-state index contributed by atoms with van der Waals surface area (Å²) < 4.78 is 0. The van der Waals surface area contributed by atoms with Crippen molar-refractivity contribution in [3.63, 3.8) is 0 Å². The van der Waals surface area contributed by atoms with Crippen molar-refractivity contribution in [3.8, 4) is 0 Å². The van der Waals surface area contributed by atoms with Crippen LogP contribution in [0.15, 0.2) is 47.7 Å². The molecular formula is C15H22N4O. The van der Waals surface area contributed by atoms with Gasteiger partial charge in [0.2, 0.25) is 0 Å².